The summed E-state index contributed by atoms with van der Waals surface area (Å²) < 4.78 is 4.57. The van der Waals surface area contributed by atoms with Gasteiger partial charge in [-0.25, -0.2) is 9.13 Å². The summed E-state index contributed by atoms with van der Waals surface area (Å²) in [5.74, 6) is 0.391. The van der Waals surface area contributed by atoms with Crippen LogP contribution in [-0.4, -0.2) is 39.8 Å². The van der Waals surface area contributed by atoms with Crippen molar-refractivity contribution in [3.63, 3.8) is 0 Å². The van der Waals surface area contributed by atoms with E-state index in [2.05, 4.69) is 51.0 Å². The van der Waals surface area contributed by atoms with Crippen molar-refractivity contribution in [3.05, 3.63) is 68.2 Å². The largest absolute Gasteiger partial charge is 0.481 e. The maximum atomic E-state index is 11.4. The summed E-state index contributed by atoms with van der Waals surface area (Å²) in [4.78, 5) is 27.3. The van der Waals surface area contributed by atoms with Crippen molar-refractivity contribution >= 4 is 86.8 Å². The standard InChI is InChI=1S/C43H58Cl4N4O4/c1-3-5-7-9-11-15-24-48-36-28-32(44)34(46)30-38(36)50(26-17-13-22-42(52)53)40(48)20-19-21-41-49(25-16-12-10-8-6-4-2)37-29-33(45)35(47)31-39(37)51(41)27-18-14-23-43(54)55/h19-21,28-31H,3-18,22-27H2,1-2H3,(H-,52,53,54,55)/p+1. The first-order valence-electron chi connectivity index (χ1n) is 20.3. The summed E-state index contributed by atoms with van der Waals surface area (Å²) in [5.41, 5.74) is 3.92. The average molecular weight is 838 g/mol. The van der Waals surface area contributed by atoms with Crippen LogP contribution < -0.4 is 14.4 Å². The van der Waals surface area contributed by atoms with E-state index in [4.69, 9.17) is 46.4 Å². The number of hydrogen-bond donors (Lipinski definition) is 2. The van der Waals surface area contributed by atoms with Crippen LogP contribution >= 0.6 is 46.4 Å². The Morgan fingerprint density at radius 1 is 0.618 bits per heavy atom. The molecule has 0 unspecified atom stereocenters. The van der Waals surface area contributed by atoms with Gasteiger partial charge in [-0.15, -0.1) is 0 Å². The Balaban J connectivity index is 1.77. The minimum atomic E-state index is -0.796. The van der Waals surface area contributed by atoms with Crippen molar-refractivity contribution in [2.45, 2.75) is 143 Å². The summed E-state index contributed by atoms with van der Waals surface area (Å²) in [6.45, 7) is 7.33. The molecule has 3 aromatic rings. The van der Waals surface area contributed by atoms with Crippen molar-refractivity contribution in [3.8, 4) is 0 Å². The van der Waals surface area contributed by atoms with E-state index in [9.17, 15) is 19.8 Å². The number of rotatable bonds is 26. The maximum absolute atomic E-state index is 11.4. The van der Waals surface area contributed by atoms with Gasteiger partial charge in [0, 0.05) is 44.1 Å². The number of halogens is 4. The first-order valence-corrected chi connectivity index (χ1v) is 21.9. The van der Waals surface area contributed by atoms with E-state index in [-0.39, 0.29) is 12.8 Å². The predicted octanol–water partition coefficient (Wildman–Crippen LogP) is 13.0. The highest BCUT2D eigenvalue weighted by Gasteiger charge is 2.32. The molecule has 12 heteroatoms. The molecule has 0 bridgehead atoms. The quantitative estimate of drug-likeness (QED) is 0.0618. The second kappa shape index (κ2) is 23.4. The number of aliphatic carboxylic acids is 2. The Morgan fingerprint density at radius 3 is 1.65 bits per heavy atom. The fourth-order valence-corrected chi connectivity index (χ4v) is 8.05. The molecule has 0 radical (unpaired) electrons. The highest BCUT2D eigenvalue weighted by molar-refractivity contribution is 6.43. The summed E-state index contributed by atoms with van der Waals surface area (Å²) >= 11 is 26.5. The van der Waals surface area contributed by atoms with Gasteiger partial charge in [0.05, 0.1) is 44.6 Å². The third-order valence-corrected chi connectivity index (χ3v) is 11.8. The Hall–Kier alpha value is -2.91. The van der Waals surface area contributed by atoms with Crippen LogP contribution in [0.2, 0.25) is 20.1 Å². The van der Waals surface area contributed by atoms with Gasteiger partial charge in [0.1, 0.15) is 5.82 Å². The average Bonchev–Trinajstić information content (AvgIpc) is 3.57. The topological polar surface area (TPSA) is 89.9 Å². The highest BCUT2D eigenvalue weighted by atomic mass is 35.5. The Morgan fingerprint density at radius 2 is 1.09 bits per heavy atom. The van der Waals surface area contributed by atoms with Crippen molar-refractivity contribution in [1.29, 1.82) is 0 Å². The molecule has 0 aliphatic carbocycles. The highest BCUT2D eigenvalue weighted by Crippen LogP contribution is 2.46. The van der Waals surface area contributed by atoms with Crippen molar-refractivity contribution < 1.29 is 24.4 Å². The molecule has 0 saturated carbocycles. The summed E-state index contributed by atoms with van der Waals surface area (Å²) in [6.07, 6.45) is 23.1. The molecule has 55 heavy (non-hydrogen) atoms. The predicted molar refractivity (Wildman–Crippen MR) is 230 cm³/mol. The molecule has 2 aromatic carbocycles. The molecule has 0 amide bonds. The number of aryl methyl sites for hydroxylation is 2. The zero-order valence-corrected chi connectivity index (χ0v) is 35.6. The normalized spacial score (nSPS) is 13.6. The lowest BCUT2D eigenvalue weighted by molar-refractivity contribution is -0.674. The number of aromatic nitrogens is 2. The molecule has 8 nitrogen and oxygen atoms in total. The van der Waals surface area contributed by atoms with E-state index >= 15 is 0 Å². The number of hydrogen-bond acceptors (Lipinski definition) is 4. The molecule has 0 saturated heterocycles. The summed E-state index contributed by atoms with van der Waals surface area (Å²) in [6, 6.07) is 7.74. The first kappa shape index (κ1) is 44.8. The van der Waals surface area contributed by atoms with Crippen LogP contribution in [0.3, 0.4) is 0 Å². The van der Waals surface area contributed by atoms with Crippen molar-refractivity contribution in [2.24, 2.45) is 0 Å². The van der Waals surface area contributed by atoms with Gasteiger partial charge in [-0.2, -0.15) is 0 Å². The lowest BCUT2D eigenvalue weighted by Gasteiger charge is -2.25. The molecular formula is C43H59Cl4N4O4+. The molecule has 0 atom stereocenters. The van der Waals surface area contributed by atoms with Gasteiger partial charge in [0.15, 0.2) is 11.0 Å². The number of anilines is 2. The van der Waals surface area contributed by atoms with Crippen LogP contribution in [0.25, 0.3) is 17.1 Å². The molecule has 0 fully saturated rings. The molecule has 4 rings (SSSR count). The lowest BCUT2D eigenvalue weighted by atomic mass is 10.1. The first-order chi connectivity index (χ1) is 26.6. The molecule has 302 valence electrons. The molecular weight excluding hydrogens is 778 g/mol. The molecule has 1 aromatic heterocycles. The number of carbonyl (C=O) groups is 2. The fraction of sp³-hybridized carbons (Fsp3) is 0.558. The Labute approximate surface area is 347 Å². The number of fused-ring (bicyclic) bond motifs is 2. The number of carboxylic acid groups (broad SMARTS) is 2. The zero-order chi connectivity index (χ0) is 39.7. The number of imidazole rings is 1. The van der Waals surface area contributed by atoms with E-state index in [1.807, 2.05) is 24.3 Å². The van der Waals surface area contributed by atoms with Gasteiger partial charge in [0.2, 0.25) is 0 Å². The number of carboxylic acids is 2. The van der Waals surface area contributed by atoms with Crippen LogP contribution in [0.1, 0.15) is 135 Å². The van der Waals surface area contributed by atoms with Crippen LogP contribution in [0, 0.1) is 0 Å². The van der Waals surface area contributed by atoms with E-state index in [1.54, 1.807) is 0 Å². The lowest BCUT2D eigenvalue weighted by Crippen LogP contribution is -2.36. The number of allylic oxidation sites excluding steroid dienone is 2. The number of unbranched alkanes of at least 4 members (excludes halogenated alkanes) is 12. The fourth-order valence-electron chi connectivity index (χ4n) is 7.41. The van der Waals surface area contributed by atoms with Crippen LogP contribution in [0.15, 0.2) is 42.2 Å². The Kier molecular flexibility index (Phi) is 19.0. The minimum Gasteiger partial charge on any atom is -0.481 e. The van der Waals surface area contributed by atoms with Gasteiger partial charge in [-0.05, 0) is 63.2 Å². The van der Waals surface area contributed by atoms with Crippen molar-refractivity contribution in [2.75, 3.05) is 22.9 Å². The van der Waals surface area contributed by atoms with Crippen molar-refractivity contribution in [1.82, 2.24) is 4.57 Å². The van der Waals surface area contributed by atoms with E-state index < -0.39 is 11.9 Å². The molecule has 1 aliphatic rings. The van der Waals surface area contributed by atoms with Crippen LogP contribution in [-0.2, 0) is 22.7 Å². The van der Waals surface area contributed by atoms with Gasteiger partial charge >= 0.3 is 11.9 Å². The maximum Gasteiger partial charge on any atom is 0.303 e. The molecule has 1 aliphatic heterocycles. The summed E-state index contributed by atoms with van der Waals surface area (Å²) in [5, 5.41) is 20.6. The van der Waals surface area contributed by atoms with Gasteiger partial charge in [-0.1, -0.05) is 124 Å². The van der Waals surface area contributed by atoms with Crippen LogP contribution in [0.5, 0.6) is 0 Å². The summed E-state index contributed by atoms with van der Waals surface area (Å²) in [7, 11) is 0. The van der Waals surface area contributed by atoms with E-state index in [0.717, 1.165) is 72.8 Å². The zero-order valence-electron chi connectivity index (χ0n) is 32.6. The second-order valence-corrected chi connectivity index (χ2v) is 16.2. The third-order valence-electron chi connectivity index (χ3n) is 10.3. The molecule has 0 spiro atoms. The molecule has 2 N–H and O–H groups in total. The smallest absolute Gasteiger partial charge is 0.303 e. The monoisotopic (exact) mass is 835 g/mol. The van der Waals surface area contributed by atoms with Gasteiger partial charge < -0.3 is 20.0 Å². The van der Waals surface area contributed by atoms with Gasteiger partial charge in [-0.3, -0.25) is 9.59 Å². The van der Waals surface area contributed by atoms with E-state index in [1.165, 1.54) is 51.4 Å². The SMILES string of the molecule is CCCCCCCCN1/C(=C\C=C\c2n(CCCCC(=O)O)c3cc(Cl)c(Cl)cc3[n+]2CCCCCCCC)N(CCCCC(=O)O)c2cc(Cl)c(Cl)cc21. The second-order valence-electron chi connectivity index (χ2n) is 14.6. The Bertz CT molecular complexity index is 1790. The third kappa shape index (κ3) is 13.1. The number of benzene rings is 2. The van der Waals surface area contributed by atoms with Gasteiger partial charge in [0.25, 0.3) is 5.82 Å². The minimum absolute atomic E-state index is 0.117. The van der Waals surface area contributed by atoms with Crippen LogP contribution in [0.4, 0.5) is 11.4 Å². The van der Waals surface area contributed by atoms with E-state index in [0.29, 0.717) is 58.9 Å². The number of nitrogens with zero attached hydrogens (tertiary/aromatic N) is 4. The molecule has 2 heterocycles.